The van der Waals surface area contributed by atoms with Crippen LogP contribution >= 0.6 is 0 Å². The lowest BCUT2D eigenvalue weighted by Crippen LogP contribution is -2.29. The molecule has 2 aromatic rings. The summed E-state index contributed by atoms with van der Waals surface area (Å²) in [5, 5.41) is 20.2. The molecule has 0 heterocycles. The van der Waals surface area contributed by atoms with Crippen LogP contribution in [0.15, 0.2) is 53.4 Å². The Morgan fingerprint density at radius 1 is 0.960 bits per heavy atom. The Balaban J connectivity index is 2.09. The SMILES string of the molecule is NS(=O)(=O)c1ccc(NC(=O)C(=O)Nc2ccccc2[N+](=O)[O-])cc1. The Kier molecular flexibility index (Phi) is 5.10. The Hall–Kier alpha value is -3.31. The molecule has 4 N–H and O–H groups in total. The zero-order valence-corrected chi connectivity index (χ0v) is 13.3. The molecule has 25 heavy (non-hydrogen) atoms. The molecule has 10 nitrogen and oxygen atoms in total. The zero-order valence-electron chi connectivity index (χ0n) is 12.5. The zero-order chi connectivity index (χ0) is 18.6. The summed E-state index contributed by atoms with van der Waals surface area (Å²) >= 11 is 0. The number of nitro benzene ring substituents is 1. The van der Waals surface area contributed by atoms with Crippen molar-refractivity contribution in [3.05, 3.63) is 58.6 Å². The Labute approximate surface area is 141 Å². The van der Waals surface area contributed by atoms with Gasteiger partial charge in [-0.05, 0) is 30.3 Å². The smallest absolute Gasteiger partial charge is 0.314 e. The first-order chi connectivity index (χ1) is 11.7. The minimum absolute atomic E-state index is 0.128. The number of nitrogens with zero attached hydrogens (tertiary/aromatic N) is 1. The number of carbonyl (C=O) groups excluding carboxylic acids is 2. The van der Waals surface area contributed by atoms with Crippen LogP contribution in [-0.4, -0.2) is 25.2 Å². The molecule has 0 aliphatic carbocycles. The fraction of sp³-hybridized carbons (Fsp3) is 0. The summed E-state index contributed by atoms with van der Waals surface area (Å²) in [6.07, 6.45) is 0. The van der Waals surface area contributed by atoms with Crippen LogP contribution in [0.4, 0.5) is 17.1 Å². The summed E-state index contributed by atoms with van der Waals surface area (Å²) in [5.41, 5.74) is -0.339. The number of primary sulfonamides is 1. The van der Waals surface area contributed by atoms with Crippen molar-refractivity contribution in [1.29, 1.82) is 0 Å². The standard InChI is InChI=1S/C14H12N4O6S/c15-25(23,24)10-7-5-9(6-8-10)16-13(19)14(20)17-11-3-1-2-4-12(11)18(21)22/h1-8H,(H,16,19)(H,17,20)(H2,15,23,24). The highest BCUT2D eigenvalue weighted by atomic mass is 32.2. The summed E-state index contributed by atoms with van der Waals surface area (Å²) in [7, 11) is -3.87. The van der Waals surface area contributed by atoms with Crippen LogP contribution in [0.5, 0.6) is 0 Å². The molecule has 11 heteroatoms. The van der Waals surface area contributed by atoms with Gasteiger partial charge in [-0.3, -0.25) is 19.7 Å². The van der Waals surface area contributed by atoms with Crippen LogP contribution in [0.2, 0.25) is 0 Å². The lowest BCUT2D eigenvalue weighted by Gasteiger charge is -2.07. The average Bonchev–Trinajstić information content (AvgIpc) is 2.54. The maximum Gasteiger partial charge on any atom is 0.314 e. The first-order valence-corrected chi connectivity index (χ1v) is 8.22. The predicted molar refractivity (Wildman–Crippen MR) is 88.2 cm³/mol. The maximum absolute atomic E-state index is 11.9. The molecule has 2 rings (SSSR count). The maximum atomic E-state index is 11.9. The van der Waals surface area contributed by atoms with Gasteiger partial charge in [0.1, 0.15) is 5.69 Å². The Bertz CT molecular complexity index is 940. The van der Waals surface area contributed by atoms with Gasteiger partial charge in [0.25, 0.3) is 5.69 Å². The van der Waals surface area contributed by atoms with Crippen LogP contribution in [-0.2, 0) is 19.6 Å². The van der Waals surface area contributed by atoms with Gasteiger partial charge >= 0.3 is 11.8 Å². The van der Waals surface area contributed by atoms with Crippen molar-refractivity contribution in [3.8, 4) is 0 Å². The average molecular weight is 364 g/mol. The van der Waals surface area contributed by atoms with Crippen LogP contribution < -0.4 is 15.8 Å². The first-order valence-electron chi connectivity index (χ1n) is 6.67. The number of nitrogens with two attached hydrogens (primary N) is 1. The van der Waals surface area contributed by atoms with E-state index in [1.807, 2.05) is 0 Å². The minimum Gasteiger partial charge on any atom is -0.318 e. The molecule has 0 radical (unpaired) electrons. The molecule has 2 aromatic carbocycles. The van der Waals surface area contributed by atoms with Crippen LogP contribution in [0.3, 0.4) is 0 Å². The van der Waals surface area contributed by atoms with Gasteiger partial charge in [0.05, 0.1) is 9.82 Å². The van der Waals surface area contributed by atoms with Crippen molar-refractivity contribution in [2.24, 2.45) is 5.14 Å². The van der Waals surface area contributed by atoms with E-state index in [9.17, 15) is 28.1 Å². The number of sulfonamides is 1. The fourth-order valence-corrected chi connectivity index (χ4v) is 2.35. The minimum atomic E-state index is -3.87. The molecule has 0 fully saturated rings. The van der Waals surface area contributed by atoms with Crippen molar-refractivity contribution in [2.75, 3.05) is 10.6 Å². The molecule has 0 aliphatic rings. The van der Waals surface area contributed by atoms with E-state index in [0.29, 0.717) is 0 Å². The molecule has 0 saturated carbocycles. The number of anilines is 2. The van der Waals surface area contributed by atoms with Crippen molar-refractivity contribution >= 4 is 38.9 Å². The lowest BCUT2D eigenvalue weighted by atomic mass is 10.2. The monoisotopic (exact) mass is 364 g/mol. The molecule has 0 aliphatic heterocycles. The van der Waals surface area contributed by atoms with E-state index in [2.05, 4.69) is 10.6 Å². The van der Waals surface area contributed by atoms with E-state index in [0.717, 1.165) is 12.1 Å². The van der Waals surface area contributed by atoms with Gasteiger partial charge in [0.15, 0.2) is 0 Å². The van der Waals surface area contributed by atoms with Gasteiger partial charge in [-0.2, -0.15) is 0 Å². The van der Waals surface area contributed by atoms with E-state index in [1.165, 1.54) is 36.4 Å². The normalized spacial score (nSPS) is 10.8. The van der Waals surface area contributed by atoms with Crippen molar-refractivity contribution in [3.63, 3.8) is 0 Å². The van der Waals surface area contributed by atoms with Crippen molar-refractivity contribution in [2.45, 2.75) is 4.90 Å². The third kappa shape index (κ3) is 4.59. The first kappa shape index (κ1) is 18.0. The third-order valence-electron chi connectivity index (χ3n) is 3.00. The molecule has 0 atom stereocenters. The van der Waals surface area contributed by atoms with Crippen LogP contribution in [0, 0.1) is 10.1 Å². The van der Waals surface area contributed by atoms with Gasteiger partial charge in [0, 0.05) is 11.8 Å². The van der Waals surface area contributed by atoms with E-state index < -0.39 is 26.8 Å². The number of para-hydroxylation sites is 2. The quantitative estimate of drug-likeness (QED) is 0.413. The summed E-state index contributed by atoms with van der Waals surface area (Å²) in [6, 6.07) is 10.2. The number of nitrogens with one attached hydrogen (secondary N) is 2. The number of amides is 2. The van der Waals surface area contributed by atoms with Gasteiger partial charge in [-0.25, -0.2) is 13.6 Å². The van der Waals surface area contributed by atoms with E-state index in [1.54, 1.807) is 0 Å². The molecular weight excluding hydrogens is 352 g/mol. The van der Waals surface area contributed by atoms with E-state index >= 15 is 0 Å². The van der Waals surface area contributed by atoms with E-state index in [4.69, 9.17) is 5.14 Å². The number of nitro groups is 1. The molecule has 0 unspecified atom stereocenters. The van der Waals surface area contributed by atoms with Gasteiger partial charge in [-0.1, -0.05) is 12.1 Å². The van der Waals surface area contributed by atoms with Crippen LogP contribution in [0.25, 0.3) is 0 Å². The second-order valence-electron chi connectivity index (χ2n) is 4.75. The molecule has 0 spiro atoms. The number of rotatable bonds is 4. The summed E-state index contributed by atoms with van der Waals surface area (Å²) in [5.74, 6) is -2.20. The number of carbonyl (C=O) groups is 2. The number of hydrogen-bond acceptors (Lipinski definition) is 6. The second kappa shape index (κ2) is 7.07. The highest BCUT2D eigenvalue weighted by molar-refractivity contribution is 7.89. The van der Waals surface area contributed by atoms with Crippen LogP contribution in [0.1, 0.15) is 0 Å². The number of benzene rings is 2. The highest BCUT2D eigenvalue weighted by Crippen LogP contribution is 2.23. The van der Waals surface area contributed by atoms with Gasteiger partial charge in [0.2, 0.25) is 10.0 Å². The molecule has 0 aromatic heterocycles. The Morgan fingerprint density at radius 3 is 2.08 bits per heavy atom. The second-order valence-corrected chi connectivity index (χ2v) is 6.31. The summed E-state index contributed by atoms with van der Waals surface area (Å²) < 4.78 is 22.3. The fourth-order valence-electron chi connectivity index (χ4n) is 1.83. The predicted octanol–water partition coefficient (Wildman–Crippen LogP) is 0.819. The topological polar surface area (TPSA) is 162 Å². The highest BCUT2D eigenvalue weighted by Gasteiger charge is 2.19. The number of hydrogen-bond donors (Lipinski definition) is 3. The lowest BCUT2D eigenvalue weighted by molar-refractivity contribution is -0.383. The Morgan fingerprint density at radius 2 is 1.52 bits per heavy atom. The van der Waals surface area contributed by atoms with Gasteiger partial charge in [-0.15, -0.1) is 0 Å². The molecule has 0 bridgehead atoms. The summed E-state index contributed by atoms with van der Waals surface area (Å²) in [6.45, 7) is 0. The largest absolute Gasteiger partial charge is 0.318 e. The molecule has 2 amide bonds. The van der Waals surface area contributed by atoms with E-state index in [-0.39, 0.29) is 22.0 Å². The molecule has 130 valence electrons. The van der Waals surface area contributed by atoms with Crippen molar-refractivity contribution < 1.29 is 22.9 Å². The molecular formula is C14H12N4O6S. The molecule has 0 saturated heterocycles. The van der Waals surface area contributed by atoms with Crippen molar-refractivity contribution in [1.82, 2.24) is 0 Å². The summed E-state index contributed by atoms with van der Waals surface area (Å²) in [4.78, 5) is 33.7. The van der Waals surface area contributed by atoms with Gasteiger partial charge < -0.3 is 10.6 Å². The third-order valence-corrected chi connectivity index (χ3v) is 3.93.